The number of piperidine rings is 1. The fourth-order valence-electron chi connectivity index (χ4n) is 3.57. The topological polar surface area (TPSA) is 57.7 Å². The number of amides is 1. The van der Waals surface area contributed by atoms with E-state index < -0.39 is 15.8 Å². The van der Waals surface area contributed by atoms with Crippen LogP contribution in [0.1, 0.15) is 31.4 Å². The van der Waals surface area contributed by atoms with Crippen LogP contribution in [0.25, 0.3) is 0 Å². The minimum absolute atomic E-state index is 0.00342. The van der Waals surface area contributed by atoms with E-state index in [1.165, 1.54) is 16.4 Å². The zero-order valence-electron chi connectivity index (χ0n) is 16.4. The number of benzene rings is 2. The molecule has 1 unspecified atom stereocenters. The maximum atomic E-state index is 13.1. The number of nitrogens with zero attached hydrogens (tertiary/aromatic N) is 2. The lowest BCUT2D eigenvalue weighted by Crippen LogP contribution is -2.43. The summed E-state index contributed by atoms with van der Waals surface area (Å²) in [6.07, 6.45) is 0.901. The second-order valence-electron chi connectivity index (χ2n) is 7.31. The molecule has 5 nitrogen and oxygen atoms in total. The van der Waals surface area contributed by atoms with Crippen molar-refractivity contribution >= 4 is 27.5 Å². The Bertz CT molecular complexity index is 974. The lowest BCUT2D eigenvalue weighted by Gasteiger charge is -2.34. The highest BCUT2D eigenvalue weighted by atomic mass is 35.5. The summed E-state index contributed by atoms with van der Waals surface area (Å²) >= 11 is 6.05. The summed E-state index contributed by atoms with van der Waals surface area (Å²) in [5.41, 5.74) is 0.949. The van der Waals surface area contributed by atoms with Crippen LogP contribution in [0.15, 0.2) is 53.4 Å². The van der Waals surface area contributed by atoms with Gasteiger partial charge in [0.25, 0.3) is 0 Å². The van der Waals surface area contributed by atoms with Crippen molar-refractivity contribution in [1.29, 1.82) is 0 Å². The van der Waals surface area contributed by atoms with Crippen LogP contribution in [0, 0.1) is 11.7 Å². The van der Waals surface area contributed by atoms with Gasteiger partial charge in [-0.2, -0.15) is 4.31 Å². The molecule has 3 rings (SSSR count). The number of rotatable bonds is 5. The molecule has 1 aliphatic rings. The molecule has 1 aliphatic heterocycles. The third kappa shape index (κ3) is 4.79. The van der Waals surface area contributed by atoms with Crippen molar-refractivity contribution in [2.24, 2.45) is 5.92 Å². The van der Waals surface area contributed by atoms with Gasteiger partial charge < -0.3 is 4.90 Å². The SMILES string of the molecule is CC(c1cccc(Cl)c1)N(C)C(=O)C1CCN(S(=O)(=O)c2ccc(F)cc2)CC1. The van der Waals surface area contributed by atoms with Crippen LogP contribution in [-0.4, -0.2) is 43.7 Å². The van der Waals surface area contributed by atoms with E-state index in [0.29, 0.717) is 17.9 Å². The van der Waals surface area contributed by atoms with Gasteiger partial charge in [0.15, 0.2) is 0 Å². The highest BCUT2D eigenvalue weighted by Gasteiger charge is 2.34. The molecule has 29 heavy (non-hydrogen) atoms. The van der Waals surface area contributed by atoms with E-state index in [4.69, 9.17) is 11.6 Å². The molecule has 0 aliphatic carbocycles. The first kappa shape index (κ1) is 21.7. The molecule has 1 fully saturated rings. The molecule has 1 saturated heterocycles. The minimum Gasteiger partial charge on any atom is -0.339 e. The summed E-state index contributed by atoms with van der Waals surface area (Å²) < 4.78 is 39.9. The van der Waals surface area contributed by atoms with E-state index in [-0.39, 0.29) is 35.9 Å². The van der Waals surface area contributed by atoms with Gasteiger partial charge in [-0.25, -0.2) is 12.8 Å². The first-order valence-electron chi connectivity index (χ1n) is 9.48. The van der Waals surface area contributed by atoms with Crippen molar-refractivity contribution in [3.8, 4) is 0 Å². The van der Waals surface area contributed by atoms with Gasteiger partial charge in [-0.15, -0.1) is 0 Å². The van der Waals surface area contributed by atoms with E-state index in [9.17, 15) is 17.6 Å². The Balaban J connectivity index is 1.64. The molecule has 0 saturated carbocycles. The molecule has 8 heteroatoms. The van der Waals surface area contributed by atoms with Crippen molar-refractivity contribution in [2.75, 3.05) is 20.1 Å². The summed E-state index contributed by atoms with van der Waals surface area (Å²) in [4.78, 5) is 14.7. The van der Waals surface area contributed by atoms with Crippen LogP contribution in [0.5, 0.6) is 0 Å². The molecule has 1 atom stereocenters. The first-order valence-corrected chi connectivity index (χ1v) is 11.3. The number of hydrogen-bond acceptors (Lipinski definition) is 3. The van der Waals surface area contributed by atoms with Crippen molar-refractivity contribution in [1.82, 2.24) is 9.21 Å². The summed E-state index contributed by atoms with van der Waals surface area (Å²) in [5, 5.41) is 0.620. The summed E-state index contributed by atoms with van der Waals surface area (Å²) in [5.74, 6) is -0.720. The molecule has 2 aromatic carbocycles. The van der Waals surface area contributed by atoms with Crippen LogP contribution in [0.4, 0.5) is 4.39 Å². The van der Waals surface area contributed by atoms with Crippen LogP contribution in [0.3, 0.4) is 0 Å². The van der Waals surface area contributed by atoms with Gasteiger partial charge in [-0.1, -0.05) is 23.7 Å². The van der Waals surface area contributed by atoms with Gasteiger partial charge in [-0.05, 0) is 61.7 Å². The lowest BCUT2D eigenvalue weighted by molar-refractivity contribution is -0.137. The number of halogens is 2. The molecule has 1 heterocycles. The molecular formula is C21H24ClFN2O3S. The predicted octanol–water partition coefficient (Wildman–Crippen LogP) is 4.10. The van der Waals surface area contributed by atoms with Gasteiger partial charge in [0.1, 0.15) is 5.82 Å². The normalized spacial score (nSPS) is 17.1. The van der Waals surface area contributed by atoms with E-state index >= 15 is 0 Å². The van der Waals surface area contributed by atoms with Gasteiger partial charge >= 0.3 is 0 Å². The summed E-state index contributed by atoms with van der Waals surface area (Å²) in [7, 11) is -1.93. The fourth-order valence-corrected chi connectivity index (χ4v) is 5.24. The highest BCUT2D eigenvalue weighted by Crippen LogP contribution is 2.28. The van der Waals surface area contributed by atoms with E-state index in [0.717, 1.165) is 17.7 Å². The third-order valence-corrected chi connectivity index (χ3v) is 7.66. The van der Waals surface area contributed by atoms with Crippen molar-refractivity contribution in [3.63, 3.8) is 0 Å². The summed E-state index contributed by atoms with van der Waals surface area (Å²) in [6.45, 7) is 2.46. The Morgan fingerprint density at radius 3 is 2.38 bits per heavy atom. The van der Waals surface area contributed by atoms with E-state index in [2.05, 4.69) is 0 Å². The highest BCUT2D eigenvalue weighted by molar-refractivity contribution is 7.89. The van der Waals surface area contributed by atoms with Gasteiger partial charge in [0.05, 0.1) is 10.9 Å². The Labute approximate surface area is 176 Å². The molecule has 0 bridgehead atoms. The average Bonchev–Trinajstić information content (AvgIpc) is 2.72. The number of sulfonamides is 1. The van der Waals surface area contributed by atoms with Gasteiger partial charge in [-0.3, -0.25) is 4.79 Å². The fraction of sp³-hybridized carbons (Fsp3) is 0.381. The van der Waals surface area contributed by atoms with Crippen molar-refractivity contribution in [2.45, 2.75) is 30.7 Å². The largest absolute Gasteiger partial charge is 0.339 e. The quantitative estimate of drug-likeness (QED) is 0.706. The molecule has 0 aromatic heterocycles. The Kier molecular flexibility index (Phi) is 6.61. The maximum absolute atomic E-state index is 13.1. The molecular weight excluding hydrogens is 415 g/mol. The molecule has 1 amide bonds. The van der Waals surface area contributed by atoms with E-state index in [1.54, 1.807) is 18.0 Å². The number of carbonyl (C=O) groups is 1. The molecule has 0 spiro atoms. The average molecular weight is 439 g/mol. The molecule has 156 valence electrons. The lowest BCUT2D eigenvalue weighted by atomic mass is 9.95. The smallest absolute Gasteiger partial charge is 0.243 e. The molecule has 0 radical (unpaired) electrons. The standard InChI is InChI=1S/C21H24ClFN2O3S/c1-15(17-4-3-5-18(22)14-17)24(2)21(26)16-10-12-25(13-11-16)29(27,28)20-8-6-19(23)7-9-20/h3-9,14-16H,10-13H2,1-2H3. The van der Waals surface area contributed by atoms with Crippen LogP contribution in [-0.2, 0) is 14.8 Å². The van der Waals surface area contributed by atoms with Crippen LogP contribution < -0.4 is 0 Å². The number of hydrogen-bond donors (Lipinski definition) is 0. The summed E-state index contributed by atoms with van der Waals surface area (Å²) in [6, 6.07) is 12.1. The Morgan fingerprint density at radius 1 is 1.17 bits per heavy atom. The maximum Gasteiger partial charge on any atom is 0.243 e. The molecule has 2 aromatic rings. The van der Waals surface area contributed by atoms with Gasteiger partial charge in [0, 0.05) is 31.1 Å². The third-order valence-electron chi connectivity index (χ3n) is 5.51. The molecule has 0 N–H and O–H groups in total. The Hall–Kier alpha value is -1.96. The van der Waals surface area contributed by atoms with Crippen LogP contribution >= 0.6 is 11.6 Å². The predicted molar refractivity (Wildman–Crippen MR) is 111 cm³/mol. The van der Waals surface area contributed by atoms with E-state index in [1.807, 2.05) is 25.1 Å². The van der Waals surface area contributed by atoms with Crippen molar-refractivity contribution in [3.05, 3.63) is 64.9 Å². The van der Waals surface area contributed by atoms with Crippen LogP contribution in [0.2, 0.25) is 5.02 Å². The van der Waals surface area contributed by atoms with Gasteiger partial charge in [0.2, 0.25) is 15.9 Å². The second kappa shape index (κ2) is 8.81. The number of carbonyl (C=O) groups excluding carboxylic acids is 1. The monoisotopic (exact) mass is 438 g/mol. The Morgan fingerprint density at radius 2 is 1.79 bits per heavy atom. The zero-order valence-corrected chi connectivity index (χ0v) is 18.0. The first-order chi connectivity index (χ1) is 13.7. The zero-order chi connectivity index (χ0) is 21.2. The second-order valence-corrected chi connectivity index (χ2v) is 9.69. The van der Waals surface area contributed by atoms with Crippen molar-refractivity contribution < 1.29 is 17.6 Å². The minimum atomic E-state index is -3.69.